The summed E-state index contributed by atoms with van der Waals surface area (Å²) in [5.74, 6) is -0.163. The number of aromatic nitrogens is 1. The van der Waals surface area contributed by atoms with Gasteiger partial charge < -0.3 is 9.80 Å². The van der Waals surface area contributed by atoms with Crippen molar-refractivity contribution >= 4 is 23.4 Å². The van der Waals surface area contributed by atoms with Gasteiger partial charge in [-0.25, -0.2) is 0 Å². The summed E-state index contributed by atoms with van der Waals surface area (Å²) in [4.78, 5) is 33.4. The smallest absolute Gasteiger partial charge is 0.228 e. The summed E-state index contributed by atoms with van der Waals surface area (Å²) >= 11 is 5.96. The molecule has 6 heteroatoms. The molecule has 3 heterocycles. The van der Waals surface area contributed by atoms with Gasteiger partial charge in [0.25, 0.3) is 0 Å². The van der Waals surface area contributed by atoms with Gasteiger partial charge in [-0.2, -0.15) is 0 Å². The third-order valence-corrected chi connectivity index (χ3v) is 5.91. The molecule has 4 rings (SSSR count). The lowest BCUT2D eigenvalue weighted by atomic mass is 9.99. The molecule has 5 nitrogen and oxygen atoms in total. The topological polar surface area (TPSA) is 53.5 Å². The van der Waals surface area contributed by atoms with Crippen LogP contribution in [0.2, 0.25) is 5.02 Å². The molecule has 2 atom stereocenters. The number of hydrogen-bond donors (Lipinski definition) is 0. The summed E-state index contributed by atoms with van der Waals surface area (Å²) in [6.45, 7) is 3.75. The van der Waals surface area contributed by atoms with E-state index in [-0.39, 0.29) is 30.2 Å². The first-order valence-corrected chi connectivity index (χ1v) is 9.66. The van der Waals surface area contributed by atoms with E-state index >= 15 is 0 Å². The molecule has 0 aliphatic carbocycles. The monoisotopic (exact) mass is 383 g/mol. The fraction of sp³-hybridized carbons (Fsp3) is 0.381. The molecule has 0 saturated carbocycles. The summed E-state index contributed by atoms with van der Waals surface area (Å²) in [7, 11) is 0. The lowest BCUT2D eigenvalue weighted by Crippen LogP contribution is -2.40. The van der Waals surface area contributed by atoms with Crippen molar-refractivity contribution in [1.82, 2.24) is 14.8 Å². The number of pyridine rings is 1. The van der Waals surface area contributed by atoms with Crippen LogP contribution in [0.4, 0.5) is 0 Å². The van der Waals surface area contributed by atoms with E-state index in [1.807, 2.05) is 53.3 Å². The van der Waals surface area contributed by atoms with E-state index in [1.165, 1.54) is 5.56 Å². The van der Waals surface area contributed by atoms with Crippen molar-refractivity contribution in [2.45, 2.75) is 32.4 Å². The predicted octanol–water partition coefficient (Wildman–Crippen LogP) is 3.23. The number of hydrogen-bond acceptors (Lipinski definition) is 3. The maximum Gasteiger partial charge on any atom is 0.228 e. The van der Waals surface area contributed by atoms with Gasteiger partial charge in [0, 0.05) is 43.5 Å². The highest BCUT2D eigenvalue weighted by Gasteiger charge is 2.39. The number of likely N-dealkylation sites (tertiary alicyclic amines) is 1. The van der Waals surface area contributed by atoms with Crippen LogP contribution >= 0.6 is 11.6 Å². The van der Waals surface area contributed by atoms with Gasteiger partial charge in [-0.05, 0) is 48.2 Å². The van der Waals surface area contributed by atoms with Gasteiger partial charge in [0.2, 0.25) is 11.8 Å². The highest BCUT2D eigenvalue weighted by Crippen LogP contribution is 2.31. The second-order valence-electron chi connectivity index (χ2n) is 7.33. The molecule has 2 amide bonds. The second-order valence-corrected chi connectivity index (χ2v) is 7.77. The summed E-state index contributed by atoms with van der Waals surface area (Å²) in [5, 5.41) is 0.673. The van der Waals surface area contributed by atoms with Gasteiger partial charge in [-0.1, -0.05) is 23.7 Å². The van der Waals surface area contributed by atoms with Crippen LogP contribution in [0, 0.1) is 5.92 Å². The standard InChI is InChI=1S/C21H22ClN3O2/c1-14(15-2-4-19(22)5-3-15)25-13-17(10-20(25)26)21(27)24-9-7-16-6-8-23-11-18(16)12-24/h2-6,8,11,14,17H,7,9-10,12-13H2,1H3/t14-,17?/m0/s1. The predicted molar refractivity (Wildman–Crippen MR) is 103 cm³/mol. The maximum absolute atomic E-state index is 13.0. The Morgan fingerprint density at radius 3 is 2.78 bits per heavy atom. The number of fused-ring (bicyclic) bond motifs is 1. The van der Waals surface area contributed by atoms with Gasteiger partial charge in [0.1, 0.15) is 0 Å². The zero-order valence-electron chi connectivity index (χ0n) is 15.3. The Labute approximate surface area is 163 Å². The van der Waals surface area contributed by atoms with E-state index in [2.05, 4.69) is 4.98 Å². The van der Waals surface area contributed by atoms with E-state index in [4.69, 9.17) is 11.6 Å². The molecule has 1 aromatic heterocycles. The number of carbonyl (C=O) groups excluding carboxylic acids is 2. The lowest BCUT2D eigenvalue weighted by Gasteiger charge is -2.31. The number of halogens is 1. The summed E-state index contributed by atoms with van der Waals surface area (Å²) < 4.78 is 0. The largest absolute Gasteiger partial charge is 0.338 e. The molecular weight excluding hydrogens is 362 g/mol. The first-order valence-electron chi connectivity index (χ1n) is 9.28. The molecule has 2 aromatic rings. The number of benzene rings is 1. The molecule has 1 unspecified atom stereocenters. The van der Waals surface area contributed by atoms with Crippen molar-refractivity contribution in [3.63, 3.8) is 0 Å². The first kappa shape index (κ1) is 18.0. The van der Waals surface area contributed by atoms with Crippen LogP contribution in [-0.2, 0) is 22.6 Å². The van der Waals surface area contributed by atoms with Crippen molar-refractivity contribution in [3.05, 3.63) is 64.4 Å². The second kappa shape index (κ2) is 7.31. The molecule has 1 aromatic carbocycles. The van der Waals surface area contributed by atoms with Crippen molar-refractivity contribution in [3.8, 4) is 0 Å². The molecular formula is C21H22ClN3O2. The fourth-order valence-corrected chi connectivity index (χ4v) is 4.15. The number of rotatable bonds is 3. The van der Waals surface area contributed by atoms with E-state index in [9.17, 15) is 9.59 Å². The van der Waals surface area contributed by atoms with Crippen LogP contribution in [0.15, 0.2) is 42.7 Å². The highest BCUT2D eigenvalue weighted by atomic mass is 35.5. The Bertz CT molecular complexity index is 868. The highest BCUT2D eigenvalue weighted by molar-refractivity contribution is 6.30. The molecule has 2 aliphatic rings. The zero-order chi connectivity index (χ0) is 19.0. The Morgan fingerprint density at radius 1 is 1.22 bits per heavy atom. The Kier molecular flexibility index (Phi) is 4.87. The maximum atomic E-state index is 13.0. The number of nitrogens with zero attached hydrogens (tertiary/aromatic N) is 3. The first-order chi connectivity index (χ1) is 13.0. The zero-order valence-corrected chi connectivity index (χ0v) is 16.0. The Morgan fingerprint density at radius 2 is 2.00 bits per heavy atom. The fourth-order valence-electron chi connectivity index (χ4n) is 4.02. The van der Waals surface area contributed by atoms with E-state index in [0.717, 1.165) is 17.5 Å². The van der Waals surface area contributed by atoms with Crippen LogP contribution in [-0.4, -0.2) is 39.7 Å². The molecule has 0 spiro atoms. The molecule has 1 fully saturated rings. The van der Waals surface area contributed by atoms with Gasteiger partial charge in [0.15, 0.2) is 0 Å². The molecule has 140 valence electrons. The summed E-state index contributed by atoms with van der Waals surface area (Å²) in [6.07, 6.45) is 4.76. The summed E-state index contributed by atoms with van der Waals surface area (Å²) in [6, 6.07) is 9.48. The number of carbonyl (C=O) groups is 2. The van der Waals surface area contributed by atoms with Gasteiger partial charge in [-0.15, -0.1) is 0 Å². The van der Waals surface area contributed by atoms with E-state index < -0.39 is 0 Å². The van der Waals surface area contributed by atoms with Crippen molar-refractivity contribution in [2.75, 3.05) is 13.1 Å². The third-order valence-electron chi connectivity index (χ3n) is 5.66. The van der Waals surface area contributed by atoms with Crippen molar-refractivity contribution in [1.29, 1.82) is 0 Å². The summed E-state index contributed by atoms with van der Waals surface area (Å²) in [5.41, 5.74) is 3.39. The average molecular weight is 384 g/mol. The normalized spacial score (nSPS) is 20.5. The van der Waals surface area contributed by atoms with Crippen LogP contribution in [0.5, 0.6) is 0 Å². The van der Waals surface area contributed by atoms with Crippen LogP contribution in [0.3, 0.4) is 0 Å². The Balaban J connectivity index is 1.44. The van der Waals surface area contributed by atoms with Crippen LogP contribution in [0.25, 0.3) is 0 Å². The van der Waals surface area contributed by atoms with Gasteiger partial charge >= 0.3 is 0 Å². The molecule has 0 bridgehead atoms. The Hall–Kier alpha value is -2.40. The van der Waals surface area contributed by atoms with Crippen molar-refractivity contribution < 1.29 is 9.59 Å². The molecule has 1 saturated heterocycles. The van der Waals surface area contributed by atoms with E-state index in [1.54, 1.807) is 6.20 Å². The van der Waals surface area contributed by atoms with E-state index in [0.29, 0.717) is 24.7 Å². The number of amides is 2. The minimum absolute atomic E-state index is 0.0369. The van der Waals surface area contributed by atoms with Gasteiger partial charge in [-0.3, -0.25) is 14.6 Å². The third kappa shape index (κ3) is 3.56. The quantitative estimate of drug-likeness (QED) is 0.817. The lowest BCUT2D eigenvalue weighted by molar-refractivity contribution is -0.136. The molecule has 0 radical (unpaired) electrons. The molecule has 2 aliphatic heterocycles. The van der Waals surface area contributed by atoms with Crippen LogP contribution < -0.4 is 0 Å². The molecule has 0 N–H and O–H groups in total. The van der Waals surface area contributed by atoms with Crippen molar-refractivity contribution in [2.24, 2.45) is 5.92 Å². The average Bonchev–Trinajstić information content (AvgIpc) is 3.08. The minimum Gasteiger partial charge on any atom is -0.338 e. The SMILES string of the molecule is C[C@@H](c1ccc(Cl)cc1)N1CC(C(=O)N2CCc3ccncc3C2)CC1=O. The molecule has 27 heavy (non-hydrogen) atoms. The minimum atomic E-state index is -0.273. The van der Waals surface area contributed by atoms with Crippen LogP contribution in [0.1, 0.15) is 36.1 Å². The van der Waals surface area contributed by atoms with Gasteiger partial charge in [0.05, 0.1) is 12.0 Å².